The Kier molecular flexibility index (Phi) is 11.3. The summed E-state index contributed by atoms with van der Waals surface area (Å²) in [6.07, 6.45) is 15.4. The van der Waals surface area contributed by atoms with Crippen LogP contribution in [0.3, 0.4) is 0 Å². The van der Waals surface area contributed by atoms with Crippen LogP contribution in [0.4, 0.5) is 0 Å². The van der Waals surface area contributed by atoms with Gasteiger partial charge in [-0.3, -0.25) is 0 Å². The Bertz CT molecular complexity index is 230. The summed E-state index contributed by atoms with van der Waals surface area (Å²) >= 11 is 0. The van der Waals surface area contributed by atoms with Gasteiger partial charge in [-0.05, 0) is 31.7 Å². The average molecular weight is 298 g/mol. The predicted molar refractivity (Wildman–Crippen MR) is 92.8 cm³/mol. The third kappa shape index (κ3) is 9.52. The summed E-state index contributed by atoms with van der Waals surface area (Å²) in [5, 5.41) is 3.77. The van der Waals surface area contributed by atoms with Gasteiger partial charge in [0.1, 0.15) is 0 Å². The first-order chi connectivity index (χ1) is 10.2. The van der Waals surface area contributed by atoms with E-state index in [9.17, 15) is 0 Å². The molecule has 1 aliphatic rings. The fourth-order valence-electron chi connectivity index (χ4n) is 3.24. The minimum absolute atomic E-state index is 0.429. The molecule has 0 bridgehead atoms. The Hall–Kier alpha value is -0.0800. The molecule has 2 heteroatoms. The smallest absolute Gasteiger partial charge is 0.0728 e. The molecule has 0 spiro atoms. The molecular formula is C19H39NO. The molecule has 0 aromatic heterocycles. The SMILES string of the molecule is CCCNC1CCCCCCCCCCC1OCC(C)C. The molecular weight excluding hydrogens is 258 g/mol. The van der Waals surface area contributed by atoms with Crippen LogP contribution in [0.5, 0.6) is 0 Å². The van der Waals surface area contributed by atoms with Crippen molar-refractivity contribution in [3.63, 3.8) is 0 Å². The summed E-state index contributed by atoms with van der Waals surface area (Å²) in [7, 11) is 0. The predicted octanol–water partition coefficient (Wildman–Crippen LogP) is 5.31. The number of rotatable bonds is 6. The number of ether oxygens (including phenoxy) is 1. The van der Waals surface area contributed by atoms with E-state index in [-0.39, 0.29) is 0 Å². The van der Waals surface area contributed by atoms with Gasteiger partial charge in [0.2, 0.25) is 0 Å². The quantitative estimate of drug-likeness (QED) is 0.717. The van der Waals surface area contributed by atoms with E-state index >= 15 is 0 Å². The lowest BCUT2D eigenvalue weighted by molar-refractivity contribution is 0.00252. The Morgan fingerprint density at radius 3 is 2.05 bits per heavy atom. The minimum atomic E-state index is 0.429. The van der Waals surface area contributed by atoms with E-state index in [2.05, 4.69) is 26.1 Å². The third-order valence-electron chi connectivity index (χ3n) is 4.50. The van der Waals surface area contributed by atoms with Gasteiger partial charge in [-0.1, -0.05) is 72.1 Å². The number of hydrogen-bond donors (Lipinski definition) is 1. The van der Waals surface area contributed by atoms with Crippen LogP contribution in [0.1, 0.15) is 91.4 Å². The molecule has 0 radical (unpaired) electrons. The largest absolute Gasteiger partial charge is 0.376 e. The van der Waals surface area contributed by atoms with Crippen LogP contribution in [0, 0.1) is 5.92 Å². The molecule has 1 rings (SSSR count). The van der Waals surface area contributed by atoms with Gasteiger partial charge in [0, 0.05) is 12.6 Å². The van der Waals surface area contributed by atoms with E-state index in [4.69, 9.17) is 4.74 Å². The molecule has 0 amide bonds. The summed E-state index contributed by atoms with van der Waals surface area (Å²) in [5.74, 6) is 0.637. The van der Waals surface area contributed by atoms with Crippen molar-refractivity contribution in [3.8, 4) is 0 Å². The normalized spacial score (nSPS) is 26.3. The van der Waals surface area contributed by atoms with Crippen molar-refractivity contribution in [2.24, 2.45) is 5.92 Å². The lowest BCUT2D eigenvalue weighted by Gasteiger charge is -2.29. The van der Waals surface area contributed by atoms with Gasteiger partial charge in [0.15, 0.2) is 0 Å². The van der Waals surface area contributed by atoms with Crippen molar-refractivity contribution in [3.05, 3.63) is 0 Å². The van der Waals surface area contributed by atoms with Crippen molar-refractivity contribution in [2.75, 3.05) is 13.2 Å². The molecule has 1 aliphatic carbocycles. The van der Waals surface area contributed by atoms with E-state index in [0.29, 0.717) is 18.1 Å². The first-order valence-electron chi connectivity index (χ1n) is 9.59. The highest BCUT2D eigenvalue weighted by Gasteiger charge is 2.21. The lowest BCUT2D eigenvalue weighted by Crippen LogP contribution is -2.42. The Balaban J connectivity index is 2.54. The van der Waals surface area contributed by atoms with Crippen LogP contribution in [0.2, 0.25) is 0 Å². The highest BCUT2D eigenvalue weighted by Crippen LogP contribution is 2.20. The average Bonchev–Trinajstić information content (AvgIpc) is 2.45. The zero-order valence-electron chi connectivity index (χ0n) is 14.8. The molecule has 0 aromatic carbocycles. The second-order valence-electron chi connectivity index (χ2n) is 7.23. The second-order valence-corrected chi connectivity index (χ2v) is 7.23. The highest BCUT2D eigenvalue weighted by molar-refractivity contribution is 4.78. The van der Waals surface area contributed by atoms with Crippen LogP contribution in [-0.2, 0) is 4.74 Å². The third-order valence-corrected chi connectivity index (χ3v) is 4.50. The molecule has 0 heterocycles. The number of hydrogen-bond acceptors (Lipinski definition) is 2. The van der Waals surface area contributed by atoms with E-state index in [1.807, 2.05) is 0 Å². The van der Waals surface area contributed by atoms with Crippen molar-refractivity contribution in [1.82, 2.24) is 5.32 Å². The molecule has 1 fully saturated rings. The van der Waals surface area contributed by atoms with E-state index in [0.717, 1.165) is 13.2 Å². The minimum Gasteiger partial charge on any atom is -0.376 e. The maximum atomic E-state index is 6.30. The molecule has 21 heavy (non-hydrogen) atoms. The Labute approximate surface area is 133 Å². The van der Waals surface area contributed by atoms with Gasteiger partial charge < -0.3 is 10.1 Å². The summed E-state index contributed by atoms with van der Waals surface area (Å²) < 4.78 is 6.30. The highest BCUT2D eigenvalue weighted by atomic mass is 16.5. The zero-order chi connectivity index (χ0) is 15.3. The van der Waals surface area contributed by atoms with Crippen LogP contribution in [-0.4, -0.2) is 25.3 Å². The second kappa shape index (κ2) is 12.5. The van der Waals surface area contributed by atoms with Gasteiger partial charge in [0.05, 0.1) is 6.10 Å². The summed E-state index contributed by atoms with van der Waals surface area (Å²) in [5.41, 5.74) is 0. The maximum absolute atomic E-state index is 6.30. The van der Waals surface area contributed by atoms with E-state index in [1.54, 1.807) is 0 Å². The monoisotopic (exact) mass is 297 g/mol. The molecule has 2 nitrogen and oxygen atoms in total. The lowest BCUT2D eigenvalue weighted by atomic mass is 9.95. The molecule has 0 aliphatic heterocycles. The van der Waals surface area contributed by atoms with Crippen LogP contribution < -0.4 is 5.32 Å². The van der Waals surface area contributed by atoms with Crippen molar-refractivity contribution in [1.29, 1.82) is 0 Å². The summed E-state index contributed by atoms with van der Waals surface area (Å²) in [6.45, 7) is 8.81. The summed E-state index contributed by atoms with van der Waals surface area (Å²) in [4.78, 5) is 0. The van der Waals surface area contributed by atoms with Gasteiger partial charge in [-0.2, -0.15) is 0 Å². The van der Waals surface area contributed by atoms with Gasteiger partial charge in [-0.25, -0.2) is 0 Å². The van der Waals surface area contributed by atoms with Gasteiger partial charge >= 0.3 is 0 Å². The van der Waals surface area contributed by atoms with Crippen molar-refractivity contribution < 1.29 is 4.74 Å². The molecule has 2 unspecified atom stereocenters. The van der Waals surface area contributed by atoms with Crippen LogP contribution in [0.15, 0.2) is 0 Å². The fraction of sp³-hybridized carbons (Fsp3) is 1.00. The van der Waals surface area contributed by atoms with Gasteiger partial charge in [-0.15, -0.1) is 0 Å². The fourth-order valence-corrected chi connectivity index (χ4v) is 3.24. The van der Waals surface area contributed by atoms with Crippen molar-refractivity contribution >= 4 is 0 Å². The van der Waals surface area contributed by atoms with E-state index in [1.165, 1.54) is 70.6 Å². The van der Waals surface area contributed by atoms with E-state index < -0.39 is 0 Å². The maximum Gasteiger partial charge on any atom is 0.0728 e. The number of nitrogens with one attached hydrogen (secondary N) is 1. The van der Waals surface area contributed by atoms with Crippen LogP contribution in [0.25, 0.3) is 0 Å². The molecule has 1 N–H and O–H groups in total. The molecule has 2 atom stereocenters. The Morgan fingerprint density at radius 2 is 1.48 bits per heavy atom. The van der Waals surface area contributed by atoms with Crippen molar-refractivity contribution in [2.45, 2.75) is 104 Å². The molecule has 1 saturated carbocycles. The van der Waals surface area contributed by atoms with Crippen LogP contribution >= 0.6 is 0 Å². The molecule has 126 valence electrons. The summed E-state index contributed by atoms with van der Waals surface area (Å²) in [6, 6.07) is 0.572. The van der Waals surface area contributed by atoms with Gasteiger partial charge in [0.25, 0.3) is 0 Å². The molecule has 0 aromatic rings. The topological polar surface area (TPSA) is 21.3 Å². The molecule has 0 saturated heterocycles. The standard InChI is InChI=1S/C19H39NO/c1-4-15-20-18-13-11-9-7-5-6-8-10-12-14-19(18)21-16-17(2)3/h17-20H,4-16H2,1-3H3. The zero-order valence-corrected chi connectivity index (χ0v) is 14.8. The first-order valence-corrected chi connectivity index (χ1v) is 9.59. The first kappa shape index (κ1) is 19.0. The Morgan fingerprint density at radius 1 is 0.905 bits per heavy atom.